The van der Waals surface area contributed by atoms with Gasteiger partial charge in [-0.25, -0.2) is 0 Å². The second kappa shape index (κ2) is 9.89. The van der Waals surface area contributed by atoms with E-state index in [0.717, 1.165) is 36.4 Å². The molecule has 0 radical (unpaired) electrons. The topological polar surface area (TPSA) is 67.6 Å². The third-order valence-electron chi connectivity index (χ3n) is 4.57. The molecule has 7 heteroatoms. The summed E-state index contributed by atoms with van der Waals surface area (Å²) in [5, 5.41) is 0. The van der Waals surface area contributed by atoms with Crippen LogP contribution in [0.15, 0.2) is 59.1 Å². The van der Waals surface area contributed by atoms with Crippen LogP contribution in [-0.2, 0) is 4.79 Å². The Morgan fingerprint density at radius 3 is 2.46 bits per heavy atom. The molecule has 0 aromatic heterocycles. The van der Waals surface area contributed by atoms with E-state index in [2.05, 4.69) is 20.7 Å². The highest BCUT2D eigenvalue weighted by Gasteiger charge is 2.24. The van der Waals surface area contributed by atoms with Crippen molar-refractivity contribution in [1.29, 1.82) is 0 Å². The van der Waals surface area contributed by atoms with Crippen LogP contribution in [0.3, 0.4) is 0 Å². The molecular formula is C21H24BrN3O2S. The van der Waals surface area contributed by atoms with Gasteiger partial charge in [0.15, 0.2) is 0 Å². The van der Waals surface area contributed by atoms with Crippen molar-refractivity contribution in [1.82, 2.24) is 9.62 Å². The number of halogens is 1. The molecule has 1 heterocycles. The maximum Gasteiger partial charge on any atom is 0.271 e. The van der Waals surface area contributed by atoms with E-state index in [1.165, 1.54) is 18.4 Å². The molecule has 0 unspecified atom stereocenters. The highest BCUT2D eigenvalue weighted by molar-refractivity contribution is 9.15. The van der Waals surface area contributed by atoms with Gasteiger partial charge >= 0.3 is 0 Å². The number of nitrogens with two attached hydrogens (primary N) is 1. The Bertz CT molecular complexity index is 849. The fourth-order valence-corrected chi connectivity index (χ4v) is 4.45. The van der Waals surface area contributed by atoms with Crippen LogP contribution in [0.1, 0.15) is 24.8 Å². The van der Waals surface area contributed by atoms with Crippen molar-refractivity contribution in [3.63, 3.8) is 0 Å². The Morgan fingerprint density at radius 1 is 1.11 bits per heavy atom. The van der Waals surface area contributed by atoms with Crippen molar-refractivity contribution in [2.45, 2.75) is 24.2 Å². The molecule has 0 aliphatic carbocycles. The second-order valence-electron chi connectivity index (χ2n) is 6.52. The maximum absolute atomic E-state index is 13.3. The Balaban J connectivity index is 1.92. The van der Waals surface area contributed by atoms with Crippen LogP contribution < -0.4 is 15.2 Å². The van der Waals surface area contributed by atoms with E-state index < -0.39 is 0 Å². The quantitative estimate of drug-likeness (QED) is 0.372. The molecule has 5 nitrogen and oxygen atoms in total. The molecule has 0 spiro atoms. The van der Waals surface area contributed by atoms with Gasteiger partial charge in [0.05, 0.1) is 11.6 Å². The van der Waals surface area contributed by atoms with Crippen molar-refractivity contribution >= 4 is 44.0 Å². The Morgan fingerprint density at radius 2 is 1.79 bits per heavy atom. The zero-order valence-electron chi connectivity index (χ0n) is 15.8. The van der Waals surface area contributed by atoms with Gasteiger partial charge < -0.3 is 20.1 Å². The molecule has 148 valence electrons. The maximum atomic E-state index is 13.3. The summed E-state index contributed by atoms with van der Waals surface area (Å²) in [7, 11) is 1.63. The first-order chi connectivity index (χ1) is 13.6. The number of carbonyl (C=O) groups excluding carboxylic acids is 1. The molecule has 3 rings (SSSR count). The number of ether oxygens (including phenoxy) is 1. The lowest BCUT2D eigenvalue weighted by Gasteiger charge is -2.28. The van der Waals surface area contributed by atoms with Crippen molar-refractivity contribution in [3.05, 3.63) is 59.8 Å². The number of piperidine rings is 1. The summed E-state index contributed by atoms with van der Waals surface area (Å²) in [6.45, 7) is 1.56. The average Bonchev–Trinajstić information content (AvgIpc) is 2.75. The number of nitrogens with one attached hydrogen (secondary N) is 1. The number of benzene rings is 2. The summed E-state index contributed by atoms with van der Waals surface area (Å²) < 4.78 is 9.43. The van der Waals surface area contributed by atoms with Gasteiger partial charge in [-0.2, -0.15) is 0 Å². The molecule has 2 aromatic rings. The Labute approximate surface area is 178 Å². The number of methoxy groups -OCH3 is 1. The number of likely N-dealkylation sites (tertiary alicyclic amines) is 1. The van der Waals surface area contributed by atoms with Gasteiger partial charge in [-0.1, -0.05) is 18.2 Å². The molecule has 0 saturated carbocycles. The number of hydrogen-bond acceptors (Lipinski definition) is 5. The summed E-state index contributed by atoms with van der Waals surface area (Å²) in [5.41, 5.74) is 7.81. The van der Waals surface area contributed by atoms with E-state index in [9.17, 15) is 4.79 Å². The van der Waals surface area contributed by atoms with Crippen molar-refractivity contribution in [2.24, 2.45) is 0 Å². The third-order valence-corrected chi connectivity index (χ3v) is 6.21. The average molecular weight is 462 g/mol. The number of amides is 1. The summed E-state index contributed by atoms with van der Waals surface area (Å²) in [5.74, 6) is 0.693. The highest BCUT2D eigenvalue weighted by Crippen LogP contribution is 2.34. The van der Waals surface area contributed by atoms with Crippen LogP contribution in [0, 0.1) is 0 Å². The van der Waals surface area contributed by atoms with Crippen LogP contribution in [0.4, 0.5) is 5.69 Å². The van der Waals surface area contributed by atoms with Gasteiger partial charge in [-0.05, 0) is 77.5 Å². The molecule has 1 aliphatic heterocycles. The predicted molar refractivity (Wildman–Crippen MR) is 119 cm³/mol. The normalized spacial score (nSPS) is 15.0. The number of anilines is 1. The highest BCUT2D eigenvalue weighted by atomic mass is 79.9. The SMILES string of the molecule is COc1ccccc1/C(Br)=C(\NSc1ccc(N)cc1)C(=O)N1CCCCC1. The predicted octanol–water partition coefficient (Wildman–Crippen LogP) is 4.65. The minimum atomic E-state index is -0.0135. The van der Waals surface area contributed by atoms with Crippen molar-refractivity contribution < 1.29 is 9.53 Å². The van der Waals surface area contributed by atoms with E-state index in [-0.39, 0.29) is 5.91 Å². The number of hydrogen-bond donors (Lipinski definition) is 2. The van der Waals surface area contributed by atoms with Gasteiger partial charge in [0, 0.05) is 29.2 Å². The molecule has 1 amide bonds. The third kappa shape index (κ3) is 5.02. The molecule has 0 bridgehead atoms. The van der Waals surface area contributed by atoms with Crippen LogP contribution in [0.2, 0.25) is 0 Å². The summed E-state index contributed by atoms with van der Waals surface area (Å²) in [6.07, 6.45) is 3.25. The number of carbonyl (C=O) groups is 1. The van der Waals surface area contributed by atoms with Crippen LogP contribution in [0.25, 0.3) is 4.48 Å². The minimum absolute atomic E-state index is 0.0135. The fourth-order valence-electron chi connectivity index (χ4n) is 3.04. The minimum Gasteiger partial charge on any atom is -0.496 e. The standard InChI is InChI=1S/C21H24BrN3O2S/c1-27-18-8-4-3-7-17(18)19(22)20(21(26)25-13-5-2-6-14-25)24-28-16-11-9-15(23)10-12-16/h3-4,7-12,24H,2,5-6,13-14,23H2,1H3/b20-19+. The van der Waals surface area contributed by atoms with Crippen molar-refractivity contribution in [2.75, 3.05) is 25.9 Å². The van der Waals surface area contributed by atoms with Crippen LogP contribution in [-0.4, -0.2) is 31.0 Å². The Hall–Kier alpha value is -2.12. The van der Waals surface area contributed by atoms with Gasteiger partial charge in [-0.15, -0.1) is 0 Å². The number of rotatable bonds is 6. The van der Waals surface area contributed by atoms with E-state index in [1.54, 1.807) is 7.11 Å². The van der Waals surface area contributed by atoms with Crippen molar-refractivity contribution in [3.8, 4) is 5.75 Å². The Kier molecular flexibility index (Phi) is 7.28. The molecule has 1 fully saturated rings. The molecule has 1 aliphatic rings. The zero-order chi connectivity index (χ0) is 19.9. The lowest BCUT2D eigenvalue weighted by Crippen LogP contribution is -2.39. The lowest BCUT2D eigenvalue weighted by molar-refractivity contribution is -0.128. The molecule has 1 saturated heterocycles. The zero-order valence-corrected chi connectivity index (χ0v) is 18.2. The summed E-state index contributed by atoms with van der Waals surface area (Å²) in [6, 6.07) is 15.2. The van der Waals surface area contributed by atoms with Crippen LogP contribution >= 0.6 is 27.9 Å². The van der Waals surface area contributed by atoms with E-state index in [4.69, 9.17) is 10.5 Å². The van der Waals surface area contributed by atoms with Gasteiger partial charge in [0.25, 0.3) is 5.91 Å². The van der Waals surface area contributed by atoms with Crippen LogP contribution in [0.5, 0.6) is 5.75 Å². The summed E-state index contributed by atoms with van der Waals surface area (Å²) >= 11 is 5.04. The lowest BCUT2D eigenvalue weighted by atomic mass is 10.1. The molecular weight excluding hydrogens is 438 g/mol. The first-order valence-electron chi connectivity index (χ1n) is 9.21. The second-order valence-corrected chi connectivity index (χ2v) is 8.19. The number of nitrogens with zero attached hydrogens (tertiary/aromatic N) is 1. The number of nitrogen functional groups attached to an aromatic ring is 1. The molecule has 28 heavy (non-hydrogen) atoms. The fraction of sp³-hybridized carbons (Fsp3) is 0.286. The first kappa shape index (κ1) is 20.6. The van der Waals surface area contributed by atoms with E-state index >= 15 is 0 Å². The number of para-hydroxylation sites is 1. The smallest absolute Gasteiger partial charge is 0.271 e. The molecule has 0 atom stereocenters. The summed E-state index contributed by atoms with van der Waals surface area (Å²) in [4.78, 5) is 16.2. The molecule has 2 aromatic carbocycles. The molecule has 3 N–H and O–H groups in total. The van der Waals surface area contributed by atoms with E-state index in [0.29, 0.717) is 21.6 Å². The largest absolute Gasteiger partial charge is 0.496 e. The van der Waals surface area contributed by atoms with E-state index in [1.807, 2.05) is 53.4 Å². The monoisotopic (exact) mass is 461 g/mol. The first-order valence-corrected chi connectivity index (χ1v) is 10.8. The van der Waals surface area contributed by atoms with Gasteiger partial charge in [0.2, 0.25) is 0 Å². The van der Waals surface area contributed by atoms with Gasteiger partial charge in [0.1, 0.15) is 11.4 Å². The van der Waals surface area contributed by atoms with Gasteiger partial charge in [-0.3, -0.25) is 4.79 Å².